The first-order valence-corrected chi connectivity index (χ1v) is 8.45. The summed E-state index contributed by atoms with van der Waals surface area (Å²) >= 11 is 0. The summed E-state index contributed by atoms with van der Waals surface area (Å²) < 4.78 is 14.4. The zero-order chi connectivity index (χ0) is 15.0. The van der Waals surface area contributed by atoms with E-state index < -0.39 is 0 Å². The van der Waals surface area contributed by atoms with Crippen LogP contribution in [-0.2, 0) is 6.42 Å². The van der Waals surface area contributed by atoms with Crippen molar-refractivity contribution in [3.63, 3.8) is 0 Å². The van der Waals surface area contributed by atoms with Crippen LogP contribution in [0.2, 0.25) is 0 Å². The first-order chi connectivity index (χ1) is 9.99. The third-order valence-corrected chi connectivity index (χ3v) is 5.63. The van der Waals surface area contributed by atoms with Gasteiger partial charge in [0.1, 0.15) is 5.82 Å². The van der Waals surface area contributed by atoms with Crippen molar-refractivity contribution in [2.75, 3.05) is 20.1 Å². The average Bonchev–Trinajstić information content (AvgIpc) is 2.43. The van der Waals surface area contributed by atoms with E-state index in [1.807, 2.05) is 6.07 Å². The molecule has 116 valence electrons. The van der Waals surface area contributed by atoms with Crippen LogP contribution in [0, 0.1) is 17.2 Å². The van der Waals surface area contributed by atoms with Gasteiger partial charge in [-0.15, -0.1) is 0 Å². The van der Waals surface area contributed by atoms with Crippen LogP contribution < -0.4 is 0 Å². The fraction of sp³-hybridized carbons (Fsp3) is 0.684. The lowest BCUT2D eigenvalue weighted by atomic mass is 9.61. The van der Waals surface area contributed by atoms with Crippen LogP contribution in [0.5, 0.6) is 0 Å². The lowest BCUT2D eigenvalue weighted by molar-refractivity contribution is 0.0910. The lowest BCUT2D eigenvalue weighted by Gasteiger charge is -2.47. The lowest BCUT2D eigenvalue weighted by Crippen LogP contribution is -2.42. The van der Waals surface area contributed by atoms with Crippen molar-refractivity contribution in [3.05, 3.63) is 35.1 Å². The van der Waals surface area contributed by atoms with Gasteiger partial charge in [0.15, 0.2) is 0 Å². The number of rotatable bonds is 2. The third-order valence-electron chi connectivity index (χ3n) is 5.63. The number of likely N-dealkylation sites (tertiary alicyclic amines) is 1. The van der Waals surface area contributed by atoms with Crippen molar-refractivity contribution in [1.29, 1.82) is 0 Å². The minimum atomic E-state index is 0.0271. The van der Waals surface area contributed by atoms with Crippen LogP contribution in [0.4, 0.5) is 4.39 Å². The Morgan fingerprint density at radius 3 is 2.67 bits per heavy atom. The fourth-order valence-corrected chi connectivity index (χ4v) is 4.48. The van der Waals surface area contributed by atoms with E-state index >= 15 is 0 Å². The van der Waals surface area contributed by atoms with Gasteiger partial charge in [-0.1, -0.05) is 26.0 Å². The number of nitrogens with zero attached hydrogens (tertiary/aromatic N) is 1. The van der Waals surface area contributed by atoms with Gasteiger partial charge in [-0.05, 0) is 86.7 Å². The zero-order valence-electron chi connectivity index (χ0n) is 13.7. The maximum Gasteiger partial charge on any atom is 0.126 e. The van der Waals surface area contributed by atoms with E-state index in [0.717, 1.165) is 25.1 Å². The second-order valence-corrected chi connectivity index (χ2v) is 7.82. The van der Waals surface area contributed by atoms with Crippen molar-refractivity contribution in [1.82, 2.24) is 4.90 Å². The Kier molecular flexibility index (Phi) is 4.09. The minimum Gasteiger partial charge on any atom is -0.306 e. The number of hydrogen-bond donors (Lipinski definition) is 0. The van der Waals surface area contributed by atoms with Crippen molar-refractivity contribution in [2.45, 2.75) is 51.9 Å². The van der Waals surface area contributed by atoms with E-state index in [1.54, 1.807) is 6.07 Å². The largest absolute Gasteiger partial charge is 0.306 e. The molecule has 3 rings (SSSR count). The molecule has 0 aromatic heterocycles. The molecule has 1 atom stereocenters. The summed E-state index contributed by atoms with van der Waals surface area (Å²) in [4.78, 5) is 2.42. The molecule has 1 aromatic rings. The number of benzene rings is 1. The molecule has 1 fully saturated rings. The molecule has 1 aliphatic carbocycles. The molecule has 1 spiro atoms. The molecular weight excluding hydrogens is 261 g/mol. The summed E-state index contributed by atoms with van der Waals surface area (Å²) in [5.74, 6) is 1.25. The van der Waals surface area contributed by atoms with Gasteiger partial charge in [-0.3, -0.25) is 0 Å². The summed E-state index contributed by atoms with van der Waals surface area (Å²) in [6.45, 7) is 6.90. The minimum absolute atomic E-state index is 0.0271. The quantitative estimate of drug-likeness (QED) is 0.768. The van der Waals surface area contributed by atoms with Gasteiger partial charge in [0.05, 0.1) is 0 Å². The Morgan fingerprint density at radius 2 is 2.00 bits per heavy atom. The summed E-state index contributed by atoms with van der Waals surface area (Å²) in [7, 11) is 2.20. The molecule has 2 aliphatic rings. The van der Waals surface area contributed by atoms with Crippen LogP contribution >= 0.6 is 0 Å². The Hall–Kier alpha value is -0.890. The van der Waals surface area contributed by atoms with Crippen LogP contribution in [0.3, 0.4) is 0 Å². The topological polar surface area (TPSA) is 3.24 Å². The normalized spacial score (nSPS) is 25.3. The number of halogens is 1. The molecule has 0 bridgehead atoms. The second kappa shape index (κ2) is 5.72. The number of hydrogen-bond acceptors (Lipinski definition) is 1. The van der Waals surface area contributed by atoms with Crippen LogP contribution in [-0.4, -0.2) is 25.0 Å². The van der Waals surface area contributed by atoms with E-state index in [1.165, 1.54) is 31.2 Å². The average molecular weight is 289 g/mol. The van der Waals surface area contributed by atoms with Crippen LogP contribution in [0.25, 0.3) is 0 Å². The molecule has 0 saturated carbocycles. The van der Waals surface area contributed by atoms with Gasteiger partial charge in [-0.2, -0.15) is 0 Å². The summed E-state index contributed by atoms with van der Waals surface area (Å²) in [5, 5.41) is 0. The molecule has 1 nitrogen and oxygen atoms in total. The van der Waals surface area contributed by atoms with E-state index in [9.17, 15) is 4.39 Å². The van der Waals surface area contributed by atoms with Crippen LogP contribution in [0.1, 0.15) is 56.6 Å². The first kappa shape index (κ1) is 15.0. The Morgan fingerprint density at radius 1 is 1.29 bits per heavy atom. The Bertz CT molecular complexity index is 500. The van der Waals surface area contributed by atoms with Gasteiger partial charge in [-0.25, -0.2) is 4.39 Å². The van der Waals surface area contributed by atoms with Crippen molar-refractivity contribution < 1.29 is 4.39 Å². The molecule has 0 N–H and O–H groups in total. The summed E-state index contributed by atoms with van der Waals surface area (Å²) in [5.41, 5.74) is 2.67. The van der Waals surface area contributed by atoms with E-state index in [-0.39, 0.29) is 5.82 Å². The molecule has 1 saturated heterocycles. The molecule has 0 radical (unpaired) electrons. The Labute approximate surface area is 128 Å². The molecule has 1 aromatic carbocycles. The second-order valence-electron chi connectivity index (χ2n) is 7.82. The summed E-state index contributed by atoms with van der Waals surface area (Å²) in [6.07, 6.45) is 5.86. The van der Waals surface area contributed by atoms with Gasteiger partial charge in [0.25, 0.3) is 0 Å². The maximum absolute atomic E-state index is 14.4. The highest BCUT2D eigenvalue weighted by Crippen LogP contribution is 2.50. The highest BCUT2D eigenvalue weighted by molar-refractivity contribution is 5.36. The van der Waals surface area contributed by atoms with E-state index in [0.29, 0.717) is 17.3 Å². The van der Waals surface area contributed by atoms with Gasteiger partial charge >= 0.3 is 0 Å². The molecule has 0 amide bonds. The van der Waals surface area contributed by atoms with Crippen molar-refractivity contribution in [3.8, 4) is 0 Å². The van der Waals surface area contributed by atoms with E-state index in [4.69, 9.17) is 0 Å². The number of fused-ring (bicyclic) bond motifs is 1. The maximum atomic E-state index is 14.4. The van der Waals surface area contributed by atoms with Gasteiger partial charge in [0.2, 0.25) is 0 Å². The smallest absolute Gasteiger partial charge is 0.126 e. The zero-order valence-corrected chi connectivity index (χ0v) is 13.7. The molecule has 2 heteroatoms. The van der Waals surface area contributed by atoms with Gasteiger partial charge < -0.3 is 4.90 Å². The van der Waals surface area contributed by atoms with Crippen molar-refractivity contribution in [2.24, 2.45) is 11.3 Å². The van der Waals surface area contributed by atoms with Gasteiger partial charge in [0, 0.05) is 0 Å². The molecular formula is C19H28FN. The Balaban J connectivity index is 1.93. The number of piperidine rings is 1. The van der Waals surface area contributed by atoms with Crippen molar-refractivity contribution >= 4 is 0 Å². The molecule has 1 heterocycles. The van der Waals surface area contributed by atoms with Crippen LogP contribution in [0.15, 0.2) is 18.2 Å². The molecule has 1 unspecified atom stereocenters. The monoisotopic (exact) mass is 289 g/mol. The molecule has 21 heavy (non-hydrogen) atoms. The third kappa shape index (κ3) is 3.01. The highest BCUT2D eigenvalue weighted by atomic mass is 19.1. The predicted molar refractivity (Wildman–Crippen MR) is 86.1 cm³/mol. The molecule has 1 aliphatic heterocycles. The first-order valence-electron chi connectivity index (χ1n) is 8.45. The highest BCUT2D eigenvalue weighted by Gasteiger charge is 2.41. The fourth-order valence-electron chi connectivity index (χ4n) is 4.48. The standard InChI is InChI=1S/C19H28FN/c1-14(2)11-15-12-19(7-9-21(3)10-8-19)13-17-16(15)5-4-6-18(17)20/h4-6,14-15H,7-13H2,1-3H3. The SMILES string of the molecule is CC(C)CC1CC2(CCN(C)CC2)Cc2c(F)cccc21. The predicted octanol–water partition coefficient (Wildman–Crippen LogP) is 4.61. The van der Waals surface area contributed by atoms with E-state index in [2.05, 4.69) is 31.9 Å². The summed E-state index contributed by atoms with van der Waals surface area (Å²) in [6, 6.07) is 5.72.